The van der Waals surface area contributed by atoms with Crippen LogP contribution in [0.15, 0.2) is 16.0 Å². The molecule has 0 amide bonds. The van der Waals surface area contributed by atoms with Crippen molar-refractivity contribution in [1.29, 1.82) is 0 Å². The molecule has 1 atom stereocenters. The molecule has 20 heavy (non-hydrogen) atoms. The number of benzene rings is 1. The van der Waals surface area contributed by atoms with Crippen LogP contribution in [0.3, 0.4) is 0 Å². The monoisotopic (exact) mass is 369 g/mol. The molecule has 0 bridgehead atoms. The van der Waals surface area contributed by atoms with Crippen LogP contribution in [0.2, 0.25) is 0 Å². The van der Waals surface area contributed by atoms with Crippen LogP contribution < -0.4 is 4.74 Å². The molecule has 2 aromatic rings. The molecular weight excluding hydrogens is 363 g/mol. The molecule has 0 saturated heterocycles. The number of methoxy groups -OCH3 is 1. The maximum atomic E-state index is 13.0. The van der Waals surface area contributed by atoms with E-state index in [1.165, 1.54) is 13.2 Å². The number of alkyl halides is 3. The number of halogens is 4. The van der Waals surface area contributed by atoms with Gasteiger partial charge in [-0.1, -0.05) is 0 Å². The van der Waals surface area contributed by atoms with E-state index >= 15 is 0 Å². The molecular formula is C11H7BrF3NO3S. The minimum absolute atomic E-state index is 0.0626. The molecule has 0 aliphatic heterocycles. The number of nitrogens with zero attached hydrogens (tertiary/aromatic N) is 1. The summed E-state index contributed by atoms with van der Waals surface area (Å²) < 4.78 is 47.5. The lowest BCUT2D eigenvalue weighted by molar-refractivity contribution is -0.0662. The Bertz CT molecular complexity index is 649. The number of hydrogen-bond donors (Lipinski definition) is 0. The van der Waals surface area contributed by atoms with Crippen LogP contribution in [-0.4, -0.2) is 30.8 Å². The molecule has 0 N–H and O–H groups in total. The van der Waals surface area contributed by atoms with E-state index in [0.717, 1.165) is 17.4 Å². The first-order chi connectivity index (χ1) is 9.42. The third kappa shape index (κ3) is 3.04. The van der Waals surface area contributed by atoms with Crippen LogP contribution in [0.5, 0.6) is 5.75 Å². The smallest absolute Gasteiger partial charge is 0.338 e. The summed E-state index contributed by atoms with van der Waals surface area (Å²) in [5.41, 5.74) is 0.255. The summed E-state index contributed by atoms with van der Waals surface area (Å²) in [5.74, 6) is -0.925. The summed E-state index contributed by atoms with van der Waals surface area (Å²) in [7, 11) is 1.17. The zero-order valence-electron chi connectivity index (χ0n) is 9.90. The highest BCUT2D eigenvalue weighted by Crippen LogP contribution is 2.35. The lowest BCUT2D eigenvalue weighted by atomic mass is 10.2. The highest BCUT2D eigenvalue weighted by atomic mass is 79.9. The van der Waals surface area contributed by atoms with Gasteiger partial charge >= 0.3 is 12.4 Å². The average molecular weight is 370 g/mol. The first-order valence-corrected chi connectivity index (χ1v) is 6.80. The Kier molecular flexibility index (Phi) is 4.48. The van der Waals surface area contributed by atoms with Crippen molar-refractivity contribution in [3.63, 3.8) is 0 Å². The maximum Gasteiger partial charge on any atom is 0.338 e. The van der Waals surface area contributed by atoms with Gasteiger partial charge in [-0.25, -0.2) is 18.6 Å². The fraction of sp³-hybridized carbons (Fsp3) is 0.273. The standard InChI is InChI=1S/C11H7BrF3NO3S/c1-18-10(17)4-2-5(19-9(15)8(13)14)7-6(3-4)20-11(12)16-7/h2-3,8-9H,1H3. The van der Waals surface area contributed by atoms with Gasteiger partial charge in [-0.15, -0.1) is 11.3 Å². The molecule has 2 rings (SSSR count). The van der Waals surface area contributed by atoms with Gasteiger partial charge in [0.15, 0.2) is 9.67 Å². The molecule has 0 saturated carbocycles. The first kappa shape index (κ1) is 15.0. The second kappa shape index (κ2) is 5.96. The van der Waals surface area contributed by atoms with Crippen LogP contribution in [0.1, 0.15) is 10.4 Å². The summed E-state index contributed by atoms with van der Waals surface area (Å²) in [6.07, 6.45) is -6.10. The van der Waals surface area contributed by atoms with Gasteiger partial charge < -0.3 is 9.47 Å². The van der Waals surface area contributed by atoms with E-state index in [-0.39, 0.29) is 16.8 Å². The number of carbonyl (C=O) groups is 1. The number of aromatic nitrogens is 1. The van der Waals surface area contributed by atoms with Gasteiger partial charge in [-0.05, 0) is 28.1 Å². The van der Waals surface area contributed by atoms with Crippen LogP contribution in [-0.2, 0) is 4.74 Å². The third-order valence-electron chi connectivity index (χ3n) is 2.29. The largest absolute Gasteiger partial charge is 0.465 e. The van der Waals surface area contributed by atoms with Crippen molar-refractivity contribution < 1.29 is 27.4 Å². The molecule has 4 nitrogen and oxygen atoms in total. The second-order valence-corrected chi connectivity index (χ2v) is 5.89. The number of esters is 1. The summed E-state index contributed by atoms with van der Waals surface area (Å²) in [6.45, 7) is 0. The van der Waals surface area contributed by atoms with E-state index < -0.39 is 18.8 Å². The zero-order valence-corrected chi connectivity index (χ0v) is 12.3. The molecule has 0 aliphatic rings. The topological polar surface area (TPSA) is 48.4 Å². The van der Waals surface area contributed by atoms with Crippen molar-refractivity contribution >= 4 is 43.5 Å². The molecule has 0 fully saturated rings. The van der Waals surface area contributed by atoms with E-state index in [0.29, 0.717) is 8.62 Å². The van der Waals surface area contributed by atoms with Crippen LogP contribution in [0.4, 0.5) is 13.2 Å². The number of carbonyl (C=O) groups excluding carboxylic acids is 1. The molecule has 1 aromatic heterocycles. The number of hydrogen-bond acceptors (Lipinski definition) is 5. The molecule has 0 spiro atoms. The summed E-state index contributed by atoms with van der Waals surface area (Å²) in [5, 5.41) is 0. The van der Waals surface area contributed by atoms with Crippen molar-refractivity contribution in [3.05, 3.63) is 21.6 Å². The van der Waals surface area contributed by atoms with Gasteiger partial charge in [0, 0.05) is 0 Å². The molecule has 1 unspecified atom stereocenters. The van der Waals surface area contributed by atoms with E-state index in [1.54, 1.807) is 0 Å². The Morgan fingerprint density at radius 3 is 2.70 bits per heavy atom. The number of fused-ring (bicyclic) bond motifs is 1. The molecule has 1 aromatic carbocycles. The zero-order chi connectivity index (χ0) is 14.9. The normalized spacial score (nSPS) is 12.7. The fourth-order valence-electron chi connectivity index (χ4n) is 1.47. The quantitative estimate of drug-likeness (QED) is 0.769. The minimum Gasteiger partial charge on any atom is -0.465 e. The van der Waals surface area contributed by atoms with E-state index in [9.17, 15) is 18.0 Å². The van der Waals surface area contributed by atoms with Crippen molar-refractivity contribution in [2.24, 2.45) is 0 Å². The fourth-order valence-corrected chi connectivity index (χ4v) is 2.92. The van der Waals surface area contributed by atoms with Crippen LogP contribution in [0, 0.1) is 0 Å². The molecule has 9 heteroatoms. The number of rotatable bonds is 4. The second-order valence-electron chi connectivity index (χ2n) is 3.58. The Hall–Kier alpha value is -1.35. The Morgan fingerprint density at radius 1 is 1.40 bits per heavy atom. The van der Waals surface area contributed by atoms with Gasteiger partial charge in [0.1, 0.15) is 5.52 Å². The molecule has 1 heterocycles. The SMILES string of the molecule is COC(=O)c1cc(OC(F)C(F)F)c2nc(Br)sc2c1. The van der Waals surface area contributed by atoms with Crippen molar-refractivity contribution in [3.8, 4) is 5.75 Å². The number of ether oxygens (including phenoxy) is 2. The average Bonchev–Trinajstić information content (AvgIpc) is 2.78. The molecule has 0 aliphatic carbocycles. The lowest BCUT2D eigenvalue weighted by Gasteiger charge is -2.11. The Morgan fingerprint density at radius 2 is 2.10 bits per heavy atom. The number of thiazole rings is 1. The van der Waals surface area contributed by atoms with Crippen molar-refractivity contribution in [2.45, 2.75) is 12.8 Å². The predicted octanol–water partition coefficient (Wildman–Crippen LogP) is 3.78. The maximum absolute atomic E-state index is 13.0. The Balaban J connectivity index is 2.51. The van der Waals surface area contributed by atoms with Gasteiger partial charge in [-0.2, -0.15) is 4.39 Å². The van der Waals surface area contributed by atoms with Crippen molar-refractivity contribution in [1.82, 2.24) is 4.98 Å². The molecule has 108 valence electrons. The lowest BCUT2D eigenvalue weighted by Crippen LogP contribution is -2.20. The summed E-state index contributed by atoms with van der Waals surface area (Å²) >= 11 is 4.28. The highest BCUT2D eigenvalue weighted by Gasteiger charge is 2.24. The van der Waals surface area contributed by atoms with Gasteiger partial charge in [-0.3, -0.25) is 0 Å². The summed E-state index contributed by atoms with van der Waals surface area (Å²) in [6, 6.07) is 2.58. The van der Waals surface area contributed by atoms with Crippen LogP contribution >= 0.6 is 27.3 Å². The van der Waals surface area contributed by atoms with Gasteiger partial charge in [0.2, 0.25) is 0 Å². The first-order valence-electron chi connectivity index (χ1n) is 5.19. The Labute approximate surface area is 123 Å². The van der Waals surface area contributed by atoms with Gasteiger partial charge in [0.25, 0.3) is 6.36 Å². The van der Waals surface area contributed by atoms with Crippen LogP contribution in [0.25, 0.3) is 10.2 Å². The van der Waals surface area contributed by atoms with Crippen molar-refractivity contribution in [2.75, 3.05) is 7.11 Å². The van der Waals surface area contributed by atoms with E-state index in [2.05, 4.69) is 30.4 Å². The van der Waals surface area contributed by atoms with E-state index in [1.807, 2.05) is 0 Å². The third-order valence-corrected chi connectivity index (χ3v) is 3.75. The van der Waals surface area contributed by atoms with Gasteiger partial charge in [0.05, 0.1) is 17.4 Å². The van der Waals surface area contributed by atoms with E-state index in [4.69, 9.17) is 0 Å². The summed E-state index contributed by atoms with van der Waals surface area (Å²) in [4.78, 5) is 15.5. The molecule has 0 radical (unpaired) electrons. The predicted molar refractivity (Wildman–Crippen MR) is 70.2 cm³/mol. The minimum atomic E-state index is -3.30. The highest BCUT2D eigenvalue weighted by molar-refractivity contribution is 9.11.